The molecule has 0 aliphatic heterocycles. The summed E-state index contributed by atoms with van der Waals surface area (Å²) in [6.45, 7) is 13.3. The number of hydrogen-bond acceptors (Lipinski definition) is 2. The number of halogens is 2. The van der Waals surface area contributed by atoms with E-state index in [-0.39, 0.29) is 18.9 Å². The molecular formula is C36H72F2O2. The Kier molecular flexibility index (Phi) is 32.4. The van der Waals surface area contributed by atoms with Gasteiger partial charge in [-0.25, -0.2) is 4.79 Å². The van der Waals surface area contributed by atoms with Crippen molar-refractivity contribution in [1.29, 1.82) is 0 Å². The van der Waals surface area contributed by atoms with Crippen molar-refractivity contribution in [3.8, 4) is 0 Å². The van der Waals surface area contributed by atoms with Gasteiger partial charge in [-0.15, -0.1) is 0 Å². The van der Waals surface area contributed by atoms with E-state index in [0.29, 0.717) is 6.42 Å². The van der Waals surface area contributed by atoms with Crippen molar-refractivity contribution >= 4 is 5.97 Å². The van der Waals surface area contributed by atoms with Crippen molar-refractivity contribution in [2.45, 2.75) is 208 Å². The quantitative estimate of drug-likeness (QED) is 0.0686. The summed E-state index contributed by atoms with van der Waals surface area (Å²) >= 11 is 0. The molecule has 1 unspecified atom stereocenters. The van der Waals surface area contributed by atoms with Gasteiger partial charge in [-0.3, -0.25) is 0 Å². The first kappa shape index (κ1) is 41.5. The van der Waals surface area contributed by atoms with Gasteiger partial charge in [0.1, 0.15) is 0 Å². The summed E-state index contributed by atoms with van der Waals surface area (Å²) in [5.41, 5.74) is 0. The van der Waals surface area contributed by atoms with E-state index in [2.05, 4.69) is 41.5 Å². The van der Waals surface area contributed by atoms with Crippen LogP contribution in [0.25, 0.3) is 0 Å². The molecular weight excluding hydrogens is 502 g/mol. The monoisotopic (exact) mass is 575 g/mol. The summed E-state index contributed by atoms with van der Waals surface area (Å²) in [7, 11) is 0. The zero-order chi connectivity index (χ0) is 30.3. The molecule has 0 aromatic rings. The van der Waals surface area contributed by atoms with Crippen LogP contribution in [0.2, 0.25) is 0 Å². The minimum absolute atomic E-state index is 0.161. The first-order valence-corrected chi connectivity index (χ1v) is 17.8. The molecule has 0 rings (SSSR count). The van der Waals surface area contributed by atoms with Gasteiger partial charge in [0.05, 0.1) is 6.61 Å². The van der Waals surface area contributed by atoms with Crippen LogP contribution in [-0.4, -0.2) is 18.5 Å². The second kappa shape index (κ2) is 31.3. The fourth-order valence-corrected chi connectivity index (χ4v) is 4.97. The lowest BCUT2D eigenvalue weighted by atomic mass is 9.95. The molecule has 1 atom stereocenters. The van der Waals surface area contributed by atoms with E-state index < -0.39 is 11.9 Å². The summed E-state index contributed by atoms with van der Waals surface area (Å²) in [6.07, 6.45) is 27.3. The zero-order valence-electron chi connectivity index (χ0n) is 28.1. The predicted octanol–water partition coefficient (Wildman–Crippen LogP) is 13.3. The molecule has 0 bridgehead atoms. The standard InChI is InChI=1S/C32H62F2O2.C4H10/c1-4-7-10-13-15-16-17-18-19-20-22-25-28-32(33,34)31(35)36-29-30(26-23-12-9-6-3)27-24-21-14-11-8-5-2;1-4(2)3/h30H,4-29H2,1-3H3;4H,1-3H3. The lowest BCUT2D eigenvalue weighted by Gasteiger charge is -2.20. The Morgan fingerprint density at radius 3 is 1.23 bits per heavy atom. The highest BCUT2D eigenvalue weighted by atomic mass is 19.3. The van der Waals surface area contributed by atoms with E-state index in [4.69, 9.17) is 4.74 Å². The number of alkyl halides is 2. The fraction of sp³-hybridized carbons (Fsp3) is 0.972. The molecule has 0 fully saturated rings. The third-order valence-electron chi connectivity index (χ3n) is 7.52. The van der Waals surface area contributed by atoms with Gasteiger partial charge in [0.25, 0.3) is 0 Å². The Morgan fingerprint density at radius 1 is 0.550 bits per heavy atom. The first-order chi connectivity index (χ1) is 19.2. The van der Waals surface area contributed by atoms with Crippen molar-refractivity contribution in [3.05, 3.63) is 0 Å². The molecule has 0 aliphatic rings. The Labute approximate surface area is 250 Å². The van der Waals surface area contributed by atoms with Crippen LogP contribution in [0.15, 0.2) is 0 Å². The van der Waals surface area contributed by atoms with Crippen LogP contribution >= 0.6 is 0 Å². The van der Waals surface area contributed by atoms with E-state index >= 15 is 0 Å². The number of rotatable bonds is 28. The summed E-state index contributed by atoms with van der Waals surface area (Å²) in [4.78, 5) is 12.2. The Morgan fingerprint density at radius 2 is 0.850 bits per heavy atom. The largest absolute Gasteiger partial charge is 0.461 e. The van der Waals surface area contributed by atoms with E-state index in [1.807, 2.05) is 0 Å². The van der Waals surface area contributed by atoms with Gasteiger partial charge in [0.15, 0.2) is 0 Å². The topological polar surface area (TPSA) is 26.3 Å². The number of ether oxygens (including phenoxy) is 1. The van der Waals surface area contributed by atoms with Crippen LogP contribution in [-0.2, 0) is 9.53 Å². The normalized spacial score (nSPS) is 12.3. The van der Waals surface area contributed by atoms with Crippen LogP contribution < -0.4 is 0 Å². The molecule has 4 heteroatoms. The van der Waals surface area contributed by atoms with Crippen LogP contribution in [0.4, 0.5) is 8.78 Å². The van der Waals surface area contributed by atoms with Crippen molar-refractivity contribution in [1.82, 2.24) is 0 Å². The molecule has 242 valence electrons. The SMILES string of the molecule is CC(C)C.CCCCCCCCCCCCCCC(F)(F)C(=O)OCC(CCCCCC)CCCCCCCC. The number of unbranched alkanes of at least 4 members (excludes halogenated alkanes) is 19. The highest BCUT2D eigenvalue weighted by molar-refractivity contribution is 5.77. The molecule has 0 heterocycles. The summed E-state index contributed by atoms with van der Waals surface area (Å²) in [6, 6.07) is 0. The van der Waals surface area contributed by atoms with Crippen LogP contribution in [0.3, 0.4) is 0 Å². The highest BCUT2D eigenvalue weighted by Crippen LogP contribution is 2.26. The van der Waals surface area contributed by atoms with Gasteiger partial charge in [-0.2, -0.15) is 8.78 Å². The van der Waals surface area contributed by atoms with Crippen LogP contribution in [0.5, 0.6) is 0 Å². The van der Waals surface area contributed by atoms with E-state index in [1.165, 1.54) is 103 Å². The molecule has 40 heavy (non-hydrogen) atoms. The lowest BCUT2D eigenvalue weighted by molar-refractivity contribution is -0.174. The molecule has 0 saturated heterocycles. The smallest absolute Gasteiger partial charge is 0.376 e. The lowest BCUT2D eigenvalue weighted by Crippen LogP contribution is -2.32. The minimum atomic E-state index is -3.34. The summed E-state index contributed by atoms with van der Waals surface area (Å²) in [5, 5.41) is 0. The predicted molar refractivity (Wildman–Crippen MR) is 172 cm³/mol. The van der Waals surface area contributed by atoms with Gasteiger partial charge < -0.3 is 4.74 Å². The van der Waals surface area contributed by atoms with Crippen LogP contribution in [0.1, 0.15) is 202 Å². The molecule has 2 nitrogen and oxygen atoms in total. The van der Waals surface area contributed by atoms with Gasteiger partial charge >= 0.3 is 11.9 Å². The third-order valence-corrected chi connectivity index (χ3v) is 7.52. The fourth-order valence-electron chi connectivity index (χ4n) is 4.97. The molecule has 0 saturated carbocycles. The van der Waals surface area contributed by atoms with E-state index in [1.54, 1.807) is 0 Å². The van der Waals surface area contributed by atoms with Gasteiger partial charge in [0.2, 0.25) is 0 Å². The number of esters is 1. The Balaban J connectivity index is 0. The summed E-state index contributed by atoms with van der Waals surface area (Å²) in [5.74, 6) is -3.59. The van der Waals surface area contributed by atoms with E-state index in [0.717, 1.165) is 50.9 Å². The maximum Gasteiger partial charge on any atom is 0.376 e. The maximum absolute atomic E-state index is 14.4. The van der Waals surface area contributed by atoms with Gasteiger partial charge in [-0.05, 0) is 31.1 Å². The highest BCUT2D eigenvalue weighted by Gasteiger charge is 2.40. The van der Waals surface area contributed by atoms with Crippen LogP contribution in [0, 0.1) is 11.8 Å². The Bertz CT molecular complexity index is 504. The molecule has 0 radical (unpaired) electrons. The molecule has 0 N–H and O–H groups in total. The van der Waals surface area contributed by atoms with Crippen molar-refractivity contribution in [2.75, 3.05) is 6.61 Å². The van der Waals surface area contributed by atoms with Gasteiger partial charge in [-0.1, -0.05) is 176 Å². The second-order valence-electron chi connectivity index (χ2n) is 12.9. The maximum atomic E-state index is 14.4. The van der Waals surface area contributed by atoms with Crippen molar-refractivity contribution in [2.24, 2.45) is 11.8 Å². The molecule has 0 aliphatic carbocycles. The average Bonchev–Trinajstić information content (AvgIpc) is 2.91. The number of hydrogen-bond donors (Lipinski definition) is 0. The zero-order valence-corrected chi connectivity index (χ0v) is 28.1. The molecule has 0 spiro atoms. The number of carbonyl (C=O) groups excluding carboxylic acids is 1. The van der Waals surface area contributed by atoms with Crippen molar-refractivity contribution in [3.63, 3.8) is 0 Å². The summed E-state index contributed by atoms with van der Waals surface area (Å²) < 4.78 is 33.9. The van der Waals surface area contributed by atoms with Crippen molar-refractivity contribution < 1.29 is 18.3 Å². The Hall–Kier alpha value is -0.670. The average molecular weight is 575 g/mol. The number of carbonyl (C=O) groups is 1. The second-order valence-corrected chi connectivity index (χ2v) is 12.9. The van der Waals surface area contributed by atoms with E-state index in [9.17, 15) is 13.6 Å². The van der Waals surface area contributed by atoms with Gasteiger partial charge in [0, 0.05) is 6.42 Å². The minimum Gasteiger partial charge on any atom is -0.461 e. The molecule has 0 aromatic carbocycles. The molecule has 0 aromatic heterocycles. The first-order valence-electron chi connectivity index (χ1n) is 17.8. The third kappa shape index (κ3) is 31.9. The molecule has 0 amide bonds.